The molecule has 1 aliphatic heterocycles. The maximum absolute atomic E-state index is 6.95. The second-order valence-corrected chi connectivity index (χ2v) is 19.2. The van der Waals surface area contributed by atoms with Gasteiger partial charge >= 0.3 is 0 Å². The maximum Gasteiger partial charge on any atom is 0.135 e. The summed E-state index contributed by atoms with van der Waals surface area (Å²) in [4.78, 5) is 4.77. The molecule has 56 heavy (non-hydrogen) atoms. The van der Waals surface area contributed by atoms with Gasteiger partial charge in [-0.2, -0.15) is 0 Å². The van der Waals surface area contributed by atoms with E-state index in [4.69, 9.17) is 4.42 Å². The molecular weight excluding hydrogens is 697 g/mol. The molecule has 9 aromatic rings. The van der Waals surface area contributed by atoms with E-state index in [-0.39, 0.29) is 0 Å². The number of fused-ring (bicyclic) bond motifs is 5. The van der Waals surface area contributed by atoms with Gasteiger partial charge in [0.05, 0.1) is 11.4 Å². The van der Waals surface area contributed by atoms with Gasteiger partial charge in [0.15, 0.2) is 0 Å². The largest absolute Gasteiger partial charge is 0.456 e. The first-order valence-electron chi connectivity index (χ1n) is 19.3. The molecule has 0 unspecified atom stereocenters. The van der Waals surface area contributed by atoms with Crippen molar-refractivity contribution >= 4 is 63.5 Å². The first kappa shape index (κ1) is 33.7. The molecule has 8 aromatic carbocycles. The number of para-hydroxylation sites is 4. The number of rotatable bonds is 8. The third kappa shape index (κ3) is 5.65. The number of hydrogen-bond acceptors (Lipinski definition) is 3. The summed E-state index contributed by atoms with van der Waals surface area (Å²) in [6.45, 7) is 4.94. The van der Waals surface area contributed by atoms with Crippen molar-refractivity contribution < 1.29 is 4.42 Å². The van der Waals surface area contributed by atoms with Crippen molar-refractivity contribution in [2.75, 3.05) is 9.80 Å². The molecular formula is C52H40N2OSi. The van der Waals surface area contributed by atoms with Crippen LogP contribution in [0, 0.1) is 0 Å². The lowest BCUT2D eigenvalue weighted by molar-refractivity contribution is 0.635. The Bertz CT molecular complexity index is 2830. The molecule has 1 aromatic heterocycles. The van der Waals surface area contributed by atoms with Gasteiger partial charge in [-0.05, 0) is 88.2 Å². The molecule has 0 saturated heterocycles. The molecule has 0 saturated carbocycles. The average Bonchev–Trinajstić information content (AvgIpc) is 3.75. The van der Waals surface area contributed by atoms with E-state index in [0.29, 0.717) is 0 Å². The Morgan fingerprint density at radius 3 is 1.38 bits per heavy atom. The van der Waals surface area contributed by atoms with Crippen LogP contribution in [0.4, 0.5) is 34.1 Å². The van der Waals surface area contributed by atoms with E-state index >= 15 is 0 Å². The fraction of sp³-hybridized carbons (Fsp3) is 0.0385. The summed E-state index contributed by atoms with van der Waals surface area (Å²) < 4.78 is 6.95. The topological polar surface area (TPSA) is 19.6 Å². The zero-order valence-corrected chi connectivity index (χ0v) is 32.4. The lowest BCUT2D eigenvalue weighted by Crippen LogP contribution is -2.49. The van der Waals surface area contributed by atoms with E-state index in [1.807, 2.05) is 0 Å². The van der Waals surface area contributed by atoms with E-state index in [9.17, 15) is 0 Å². The predicted octanol–water partition coefficient (Wildman–Crippen LogP) is 13.5. The van der Waals surface area contributed by atoms with E-state index < -0.39 is 8.07 Å². The highest BCUT2D eigenvalue weighted by Gasteiger charge is 2.42. The van der Waals surface area contributed by atoms with Crippen LogP contribution in [0.15, 0.2) is 211 Å². The quantitative estimate of drug-likeness (QED) is 0.145. The van der Waals surface area contributed by atoms with Gasteiger partial charge in [-0.3, -0.25) is 0 Å². The monoisotopic (exact) mass is 736 g/mol. The van der Waals surface area contributed by atoms with Gasteiger partial charge in [-0.1, -0.05) is 153 Å². The highest BCUT2D eigenvalue weighted by atomic mass is 28.3. The molecule has 1 aliphatic rings. The first-order valence-corrected chi connectivity index (χ1v) is 22.3. The molecule has 0 bridgehead atoms. The number of anilines is 6. The zero-order chi connectivity index (χ0) is 37.6. The summed E-state index contributed by atoms with van der Waals surface area (Å²) in [5.41, 5.74) is 13.5. The summed E-state index contributed by atoms with van der Waals surface area (Å²) in [7, 11) is -2.18. The van der Waals surface area contributed by atoms with Crippen LogP contribution in [0.3, 0.4) is 0 Å². The van der Waals surface area contributed by atoms with Crippen LogP contribution < -0.4 is 20.2 Å². The van der Waals surface area contributed by atoms with E-state index in [2.05, 4.69) is 229 Å². The van der Waals surface area contributed by atoms with Gasteiger partial charge in [0, 0.05) is 44.8 Å². The second-order valence-electron chi connectivity index (χ2n) is 14.9. The third-order valence-electron chi connectivity index (χ3n) is 11.2. The second kappa shape index (κ2) is 13.8. The normalized spacial score (nSPS) is 12.6. The SMILES string of the molecule is C[Si]1(C)c2ccc(N(c3ccccc3)c3ccccc3-c3ccccc3)cc2-c2oc3ccc(N(c4ccccc4)c4ccccc4-c4ccccc4)cc3c21. The summed E-state index contributed by atoms with van der Waals surface area (Å²) in [6, 6.07) is 73.9. The van der Waals surface area contributed by atoms with Crippen LogP contribution in [0.5, 0.6) is 0 Å². The smallest absolute Gasteiger partial charge is 0.135 e. The molecule has 0 radical (unpaired) electrons. The molecule has 268 valence electrons. The summed E-state index contributed by atoms with van der Waals surface area (Å²) in [6.07, 6.45) is 0. The van der Waals surface area contributed by atoms with E-state index in [0.717, 1.165) is 45.5 Å². The van der Waals surface area contributed by atoms with Crippen molar-refractivity contribution in [3.8, 4) is 33.6 Å². The highest BCUT2D eigenvalue weighted by molar-refractivity contribution is 7.05. The highest BCUT2D eigenvalue weighted by Crippen LogP contribution is 2.45. The van der Waals surface area contributed by atoms with Crippen LogP contribution in [0.25, 0.3) is 44.5 Å². The van der Waals surface area contributed by atoms with Crippen LogP contribution in [-0.2, 0) is 0 Å². The lowest BCUT2D eigenvalue weighted by atomic mass is 10.0. The molecule has 10 rings (SSSR count). The number of benzene rings is 8. The molecule has 0 spiro atoms. The van der Waals surface area contributed by atoms with E-state index in [1.54, 1.807) is 0 Å². The standard InChI is InChI=1S/C52H40N2OSi/c1-56(2)50-34-32-42(54(40-25-13-6-14-26-40)48-30-18-16-28-44(48)38-21-9-4-10-22-38)36-46(50)51-52(56)45-35-41(31-33-49(45)55-51)53(39-23-11-5-12-24-39)47-29-17-15-27-43(47)37-19-7-3-8-20-37/h3-36H,1-2H3. The molecule has 0 N–H and O–H groups in total. The lowest BCUT2D eigenvalue weighted by Gasteiger charge is -2.29. The predicted molar refractivity (Wildman–Crippen MR) is 239 cm³/mol. The minimum absolute atomic E-state index is 0.925. The van der Waals surface area contributed by atoms with Crippen LogP contribution in [0.2, 0.25) is 13.1 Å². The van der Waals surface area contributed by atoms with Crippen molar-refractivity contribution in [1.82, 2.24) is 0 Å². The average molecular weight is 737 g/mol. The Morgan fingerprint density at radius 2 is 0.839 bits per heavy atom. The molecule has 0 amide bonds. The minimum Gasteiger partial charge on any atom is -0.456 e. The molecule has 0 aliphatic carbocycles. The molecule has 0 atom stereocenters. The summed E-state index contributed by atoms with van der Waals surface area (Å²) in [5.74, 6) is 1.01. The summed E-state index contributed by atoms with van der Waals surface area (Å²) in [5, 5.41) is 3.96. The van der Waals surface area contributed by atoms with Crippen molar-refractivity contribution in [1.29, 1.82) is 0 Å². The fourth-order valence-corrected chi connectivity index (χ4v) is 11.9. The van der Waals surface area contributed by atoms with Gasteiger partial charge in [0.1, 0.15) is 19.4 Å². The molecule has 0 fully saturated rings. The maximum atomic E-state index is 6.95. The fourth-order valence-electron chi connectivity index (χ4n) is 8.64. The van der Waals surface area contributed by atoms with Crippen LogP contribution in [0.1, 0.15) is 0 Å². The van der Waals surface area contributed by atoms with Crippen molar-refractivity contribution in [3.05, 3.63) is 206 Å². The van der Waals surface area contributed by atoms with Crippen LogP contribution in [-0.4, -0.2) is 8.07 Å². The Labute approximate surface area is 329 Å². The molecule has 2 heterocycles. The van der Waals surface area contributed by atoms with E-state index in [1.165, 1.54) is 43.6 Å². The van der Waals surface area contributed by atoms with Gasteiger partial charge in [-0.15, -0.1) is 0 Å². The Balaban J connectivity index is 1.13. The number of hydrogen-bond donors (Lipinski definition) is 0. The molecule has 4 heteroatoms. The van der Waals surface area contributed by atoms with Crippen molar-refractivity contribution in [2.24, 2.45) is 0 Å². The third-order valence-corrected chi connectivity index (χ3v) is 14.8. The van der Waals surface area contributed by atoms with Gasteiger partial charge in [0.2, 0.25) is 0 Å². The Hall–Kier alpha value is -6.88. The number of furan rings is 1. The Kier molecular flexibility index (Phi) is 8.27. The van der Waals surface area contributed by atoms with Crippen molar-refractivity contribution in [2.45, 2.75) is 13.1 Å². The van der Waals surface area contributed by atoms with Crippen LogP contribution >= 0.6 is 0 Å². The minimum atomic E-state index is -2.18. The van der Waals surface area contributed by atoms with Gasteiger partial charge < -0.3 is 14.2 Å². The van der Waals surface area contributed by atoms with Gasteiger partial charge in [-0.25, -0.2) is 0 Å². The molecule has 3 nitrogen and oxygen atoms in total. The zero-order valence-electron chi connectivity index (χ0n) is 31.4. The van der Waals surface area contributed by atoms with Gasteiger partial charge in [0.25, 0.3) is 0 Å². The first-order chi connectivity index (χ1) is 27.6. The summed E-state index contributed by atoms with van der Waals surface area (Å²) >= 11 is 0. The Morgan fingerprint density at radius 1 is 0.393 bits per heavy atom. The number of nitrogens with zero attached hydrogens (tertiary/aromatic N) is 2. The van der Waals surface area contributed by atoms with Crippen molar-refractivity contribution in [3.63, 3.8) is 0 Å².